The summed E-state index contributed by atoms with van der Waals surface area (Å²) in [5, 5.41) is 21.2. The molecule has 0 saturated carbocycles. The summed E-state index contributed by atoms with van der Waals surface area (Å²) in [5.41, 5.74) is 0.341. The number of carboxylic acid groups (broad SMARTS) is 2. The number of hydrogen-bond acceptors (Lipinski definition) is 4. The fourth-order valence-electron chi connectivity index (χ4n) is 1.20. The Hall–Kier alpha value is -1.41. The van der Waals surface area contributed by atoms with Crippen LogP contribution in [0.2, 0.25) is 0 Å². The Morgan fingerprint density at radius 2 is 2.06 bits per heavy atom. The Labute approximate surface area is 115 Å². The topological polar surface area (TPSA) is 104 Å². The van der Waals surface area contributed by atoms with Crippen molar-refractivity contribution >= 4 is 45.1 Å². The van der Waals surface area contributed by atoms with Crippen molar-refractivity contribution in [2.24, 2.45) is 0 Å². The molecule has 0 aliphatic carbocycles. The van der Waals surface area contributed by atoms with Crippen LogP contribution < -0.4 is 5.32 Å². The van der Waals surface area contributed by atoms with Gasteiger partial charge in [-0.05, 0) is 28.4 Å². The van der Waals surface area contributed by atoms with E-state index in [1.165, 1.54) is 11.3 Å². The SMILES string of the molecule is O=C(O)CCC(NC(=O)c1csc(Br)c1)C(=O)O. The van der Waals surface area contributed by atoms with E-state index < -0.39 is 23.9 Å². The summed E-state index contributed by atoms with van der Waals surface area (Å²) in [7, 11) is 0. The van der Waals surface area contributed by atoms with Crippen LogP contribution in [0, 0.1) is 0 Å². The first-order valence-corrected chi connectivity index (χ1v) is 6.57. The average molecular weight is 336 g/mol. The summed E-state index contributed by atoms with van der Waals surface area (Å²) < 4.78 is 0.755. The maximum atomic E-state index is 11.7. The van der Waals surface area contributed by atoms with Gasteiger partial charge >= 0.3 is 11.9 Å². The average Bonchev–Trinajstić information content (AvgIpc) is 2.70. The fourth-order valence-corrected chi connectivity index (χ4v) is 2.33. The Morgan fingerprint density at radius 3 is 2.50 bits per heavy atom. The van der Waals surface area contributed by atoms with Gasteiger partial charge in [-0.2, -0.15) is 0 Å². The molecule has 0 aliphatic heterocycles. The highest BCUT2D eigenvalue weighted by Gasteiger charge is 2.21. The van der Waals surface area contributed by atoms with Gasteiger partial charge in [-0.1, -0.05) is 0 Å². The summed E-state index contributed by atoms with van der Waals surface area (Å²) >= 11 is 4.49. The molecule has 0 saturated heterocycles. The molecule has 0 bridgehead atoms. The number of thiophene rings is 1. The third-order valence-corrected chi connectivity index (χ3v) is 3.58. The quantitative estimate of drug-likeness (QED) is 0.731. The first-order valence-electron chi connectivity index (χ1n) is 4.89. The number of carbonyl (C=O) groups excluding carboxylic acids is 1. The van der Waals surface area contributed by atoms with E-state index in [9.17, 15) is 14.4 Å². The molecule has 0 fully saturated rings. The highest BCUT2D eigenvalue weighted by atomic mass is 79.9. The smallest absolute Gasteiger partial charge is 0.326 e. The number of rotatable bonds is 6. The summed E-state index contributed by atoms with van der Waals surface area (Å²) in [5.74, 6) is -2.89. The maximum absolute atomic E-state index is 11.7. The lowest BCUT2D eigenvalue weighted by Crippen LogP contribution is -2.40. The van der Waals surface area contributed by atoms with Crippen LogP contribution in [0.1, 0.15) is 23.2 Å². The predicted molar refractivity (Wildman–Crippen MR) is 67.8 cm³/mol. The molecular weight excluding hydrogens is 326 g/mol. The molecule has 0 aromatic carbocycles. The van der Waals surface area contributed by atoms with Crippen molar-refractivity contribution in [2.75, 3.05) is 0 Å². The van der Waals surface area contributed by atoms with E-state index in [0.717, 1.165) is 3.79 Å². The van der Waals surface area contributed by atoms with Gasteiger partial charge in [-0.25, -0.2) is 4.79 Å². The lowest BCUT2D eigenvalue weighted by atomic mass is 10.1. The van der Waals surface area contributed by atoms with E-state index in [1.807, 2.05) is 0 Å². The highest BCUT2D eigenvalue weighted by molar-refractivity contribution is 9.11. The molecule has 3 N–H and O–H groups in total. The summed E-state index contributed by atoms with van der Waals surface area (Å²) in [6.45, 7) is 0. The molecule has 1 unspecified atom stereocenters. The van der Waals surface area contributed by atoms with Gasteiger partial charge in [0, 0.05) is 11.8 Å². The van der Waals surface area contributed by atoms with Gasteiger partial charge in [0.25, 0.3) is 5.91 Å². The number of carboxylic acids is 2. The molecule has 1 amide bonds. The molecule has 1 aromatic rings. The number of amides is 1. The van der Waals surface area contributed by atoms with Crippen molar-refractivity contribution in [1.29, 1.82) is 0 Å². The monoisotopic (exact) mass is 335 g/mol. The van der Waals surface area contributed by atoms with E-state index in [1.54, 1.807) is 11.4 Å². The van der Waals surface area contributed by atoms with Crippen LogP contribution in [0.3, 0.4) is 0 Å². The normalized spacial score (nSPS) is 11.8. The fraction of sp³-hybridized carbons (Fsp3) is 0.300. The van der Waals surface area contributed by atoms with Crippen LogP contribution in [0.5, 0.6) is 0 Å². The zero-order valence-corrected chi connectivity index (χ0v) is 11.5. The van der Waals surface area contributed by atoms with Crippen LogP contribution in [0.15, 0.2) is 15.2 Å². The van der Waals surface area contributed by atoms with Crippen molar-refractivity contribution in [3.05, 3.63) is 20.8 Å². The molecular formula is C10H10BrNO5S. The first kappa shape index (κ1) is 14.7. The predicted octanol–water partition coefficient (Wildman–Crippen LogP) is 1.56. The van der Waals surface area contributed by atoms with Crippen molar-refractivity contribution in [1.82, 2.24) is 5.32 Å². The molecule has 98 valence electrons. The summed E-state index contributed by atoms with van der Waals surface area (Å²) in [6.07, 6.45) is -0.466. The van der Waals surface area contributed by atoms with Crippen molar-refractivity contribution in [2.45, 2.75) is 18.9 Å². The molecule has 1 heterocycles. The number of hydrogen-bond donors (Lipinski definition) is 3. The summed E-state index contributed by atoms with van der Waals surface area (Å²) in [4.78, 5) is 32.9. The number of aliphatic carboxylic acids is 2. The highest BCUT2D eigenvalue weighted by Crippen LogP contribution is 2.20. The third kappa shape index (κ3) is 4.46. The first-order chi connectivity index (χ1) is 8.40. The van der Waals surface area contributed by atoms with E-state index >= 15 is 0 Å². The van der Waals surface area contributed by atoms with Gasteiger partial charge in [0.2, 0.25) is 0 Å². The lowest BCUT2D eigenvalue weighted by Gasteiger charge is -2.12. The van der Waals surface area contributed by atoms with Gasteiger partial charge in [0.05, 0.1) is 9.35 Å². The second-order valence-corrected chi connectivity index (χ2v) is 5.73. The molecule has 0 aliphatic rings. The van der Waals surface area contributed by atoms with Gasteiger partial charge in [0.1, 0.15) is 6.04 Å². The standard InChI is InChI=1S/C10H10BrNO5S/c11-7-3-5(4-18-7)9(15)12-6(10(16)17)1-2-8(13)14/h3-4,6H,1-2H2,(H,12,15)(H,13,14)(H,16,17). The van der Waals surface area contributed by atoms with Crippen LogP contribution in [0.4, 0.5) is 0 Å². The molecule has 0 spiro atoms. The Balaban J connectivity index is 2.63. The number of halogens is 1. The Kier molecular flexibility index (Phi) is 5.29. The van der Waals surface area contributed by atoms with E-state index in [-0.39, 0.29) is 12.8 Å². The minimum Gasteiger partial charge on any atom is -0.481 e. The van der Waals surface area contributed by atoms with E-state index in [2.05, 4.69) is 21.2 Å². The van der Waals surface area contributed by atoms with Gasteiger partial charge in [-0.15, -0.1) is 11.3 Å². The van der Waals surface area contributed by atoms with Gasteiger partial charge in [-0.3, -0.25) is 9.59 Å². The van der Waals surface area contributed by atoms with Gasteiger partial charge in [0.15, 0.2) is 0 Å². The second-order valence-electron chi connectivity index (χ2n) is 3.44. The molecule has 1 rings (SSSR count). The minimum atomic E-state index is -1.25. The van der Waals surface area contributed by atoms with Crippen LogP contribution in [-0.2, 0) is 9.59 Å². The number of nitrogens with one attached hydrogen (secondary N) is 1. The molecule has 1 atom stereocenters. The van der Waals surface area contributed by atoms with Crippen molar-refractivity contribution in [3.8, 4) is 0 Å². The minimum absolute atomic E-state index is 0.151. The zero-order chi connectivity index (χ0) is 13.7. The maximum Gasteiger partial charge on any atom is 0.326 e. The second kappa shape index (κ2) is 6.50. The van der Waals surface area contributed by atoms with Crippen molar-refractivity contribution in [3.63, 3.8) is 0 Å². The lowest BCUT2D eigenvalue weighted by molar-refractivity contribution is -0.140. The van der Waals surface area contributed by atoms with Gasteiger partial charge < -0.3 is 15.5 Å². The largest absolute Gasteiger partial charge is 0.481 e. The Morgan fingerprint density at radius 1 is 1.39 bits per heavy atom. The Bertz CT molecular complexity index is 473. The molecule has 8 heteroatoms. The molecule has 18 heavy (non-hydrogen) atoms. The van der Waals surface area contributed by atoms with Crippen LogP contribution in [0.25, 0.3) is 0 Å². The van der Waals surface area contributed by atoms with Crippen LogP contribution in [-0.4, -0.2) is 34.1 Å². The molecule has 1 aromatic heterocycles. The third-order valence-electron chi connectivity index (χ3n) is 2.08. The molecule has 0 radical (unpaired) electrons. The van der Waals surface area contributed by atoms with Crippen LogP contribution >= 0.6 is 27.3 Å². The van der Waals surface area contributed by atoms with Crippen molar-refractivity contribution < 1.29 is 24.6 Å². The summed E-state index contributed by atoms with van der Waals surface area (Å²) in [6, 6.07) is 0.364. The number of carbonyl (C=O) groups is 3. The van der Waals surface area contributed by atoms with E-state index in [0.29, 0.717) is 5.56 Å². The zero-order valence-electron chi connectivity index (χ0n) is 9.05. The van der Waals surface area contributed by atoms with E-state index in [4.69, 9.17) is 10.2 Å². The molecule has 6 nitrogen and oxygen atoms in total.